The van der Waals surface area contributed by atoms with E-state index in [0.29, 0.717) is 6.61 Å². The Morgan fingerprint density at radius 3 is 2.78 bits per heavy atom. The Morgan fingerprint density at radius 2 is 2.11 bits per heavy atom. The smallest absolute Gasteiger partial charge is 0.157 e. The highest BCUT2D eigenvalue weighted by Gasteiger charge is 2.30. The van der Waals surface area contributed by atoms with Crippen LogP contribution >= 0.6 is 0 Å². The van der Waals surface area contributed by atoms with Crippen LogP contribution in [0.4, 0.5) is 0 Å². The topological polar surface area (TPSA) is 47.9 Å². The quantitative estimate of drug-likeness (QED) is 0.837. The Labute approximate surface area is 107 Å². The SMILES string of the molecule is COC1CC[C@H]([C@H](O)COCc2ccccc2)O1. The summed E-state index contributed by atoms with van der Waals surface area (Å²) in [6.45, 7) is 0.800. The molecule has 0 aromatic heterocycles. The van der Waals surface area contributed by atoms with Crippen LogP contribution in [0.5, 0.6) is 0 Å². The third kappa shape index (κ3) is 3.78. The van der Waals surface area contributed by atoms with E-state index >= 15 is 0 Å². The van der Waals surface area contributed by atoms with Crippen LogP contribution in [0.2, 0.25) is 0 Å². The van der Waals surface area contributed by atoms with Crippen molar-refractivity contribution in [2.75, 3.05) is 13.7 Å². The van der Waals surface area contributed by atoms with Crippen molar-refractivity contribution in [3.8, 4) is 0 Å². The van der Waals surface area contributed by atoms with Crippen LogP contribution in [0.25, 0.3) is 0 Å². The highest BCUT2D eigenvalue weighted by atomic mass is 16.7. The molecule has 0 radical (unpaired) electrons. The second kappa shape index (κ2) is 6.85. The second-order valence-corrected chi connectivity index (χ2v) is 4.49. The summed E-state index contributed by atoms with van der Waals surface area (Å²) in [5, 5.41) is 9.93. The molecule has 0 spiro atoms. The monoisotopic (exact) mass is 252 g/mol. The summed E-state index contributed by atoms with van der Waals surface area (Å²) >= 11 is 0. The van der Waals surface area contributed by atoms with Gasteiger partial charge >= 0.3 is 0 Å². The predicted molar refractivity (Wildman–Crippen MR) is 67.0 cm³/mol. The molecule has 0 aliphatic carbocycles. The summed E-state index contributed by atoms with van der Waals surface area (Å²) in [6, 6.07) is 9.91. The highest BCUT2D eigenvalue weighted by Crippen LogP contribution is 2.22. The van der Waals surface area contributed by atoms with Crippen LogP contribution in [0.1, 0.15) is 18.4 Å². The van der Waals surface area contributed by atoms with Gasteiger partial charge in [-0.15, -0.1) is 0 Å². The molecule has 4 heteroatoms. The molecule has 1 aliphatic heterocycles. The molecular formula is C14H20O4. The van der Waals surface area contributed by atoms with Crippen molar-refractivity contribution in [2.45, 2.75) is 37.9 Å². The van der Waals surface area contributed by atoms with E-state index in [1.54, 1.807) is 7.11 Å². The average Bonchev–Trinajstić information content (AvgIpc) is 2.89. The van der Waals surface area contributed by atoms with Crippen molar-refractivity contribution >= 4 is 0 Å². The van der Waals surface area contributed by atoms with Crippen LogP contribution in [0, 0.1) is 0 Å². The molecule has 2 rings (SSSR count). The van der Waals surface area contributed by atoms with Crippen molar-refractivity contribution in [1.29, 1.82) is 0 Å². The fraction of sp³-hybridized carbons (Fsp3) is 0.571. The molecule has 1 N–H and O–H groups in total. The van der Waals surface area contributed by atoms with Crippen molar-refractivity contribution < 1.29 is 19.3 Å². The third-order valence-electron chi connectivity index (χ3n) is 3.11. The highest BCUT2D eigenvalue weighted by molar-refractivity contribution is 5.13. The van der Waals surface area contributed by atoms with Crippen molar-refractivity contribution in [3.63, 3.8) is 0 Å². The molecule has 1 aromatic carbocycles. The second-order valence-electron chi connectivity index (χ2n) is 4.49. The minimum Gasteiger partial charge on any atom is -0.388 e. The largest absolute Gasteiger partial charge is 0.388 e. The summed E-state index contributed by atoms with van der Waals surface area (Å²) in [5.41, 5.74) is 1.10. The van der Waals surface area contributed by atoms with E-state index < -0.39 is 6.10 Å². The summed E-state index contributed by atoms with van der Waals surface area (Å²) in [6.07, 6.45) is 0.698. The van der Waals surface area contributed by atoms with Gasteiger partial charge in [0.15, 0.2) is 6.29 Å². The number of hydrogen-bond acceptors (Lipinski definition) is 4. The van der Waals surface area contributed by atoms with E-state index in [-0.39, 0.29) is 19.0 Å². The molecule has 1 aromatic rings. The van der Waals surface area contributed by atoms with E-state index in [1.807, 2.05) is 30.3 Å². The Bertz CT molecular complexity index is 341. The minimum atomic E-state index is -0.589. The zero-order chi connectivity index (χ0) is 12.8. The van der Waals surface area contributed by atoms with Crippen molar-refractivity contribution in [3.05, 3.63) is 35.9 Å². The first-order valence-electron chi connectivity index (χ1n) is 6.27. The summed E-state index contributed by atoms with van der Waals surface area (Å²) in [5.74, 6) is 0. The minimum absolute atomic E-state index is 0.175. The molecule has 3 atom stereocenters. The maximum absolute atomic E-state index is 9.93. The molecule has 0 amide bonds. The van der Waals surface area contributed by atoms with E-state index in [0.717, 1.165) is 18.4 Å². The van der Waals surface area contributed by atoms with E-state index in [2.05, 4.69) is 0 Å². The van der Waals surface area contributed by atoms with E-state index in [9.17, 15) is 5.11 Å². The number of aliphatic hydroxyl groups is 1. The molecule has 1 fully saturated rings. The Kier molecular flexibility index (Phi) is 5.13. The zero-order valence-corrected chi connectivity index (χ0v) is 10.6. The number of hydrogen-bond donors (Lipinski definition) is 1. The van der Waals surface area contributed by atoms with Crippen LogP contribution in [0.15, 0.2) is 30.3 Å². The Morgan fingerprint density at radius 1 is 1.33 bits per heavy atom. The molecule has 0 bridgehead atoms. The van der Waals surface area contributed by atoms with Gasteiger partial charge in [0.1, 0.15) is 6.10 Å². The summed E-state index contributed by atoms with van der Waals surface area (Å²) in [4.78, 5) is 0. The molecule has 1 saturated heterocycles. The van der Waals surface area contributed by atoms with Gasteiger partial charge in [-0.25, -0.2) is 0 Å². The predicted octanol–water partition coefficient (Wildman–Crippen LogP) is 1.72. The Hall–Kier alpha value is -0.940. The Balaban J connectivity index is 1.68. The number of methoxy groups -OCH3 is 1. The first-order chi connectivity index (χ1) is 8.79. The normalized spacial score (nSPS) is 25.2. The van der Waals surface area contributed by atoms with Gasteiger partial charge in [-0.05, 0) is 12.0 Å². The summed E-state index contributed by atoms with van der Waals surface area (Å²) < 4.78 is 16.1. The standard InChI is InChI=1S/C14H20O4/c1-16-14-8-7-13(18-14)12(15)10-17-9-11-5-3-2-4-6-11/h2-6,12-15H,7-10H2,1H3/t12-,13-,14?/m1/s1. The third-order valence-corrected chi connectivity index (χ3v) is 3.11. The van der Waals surface area contributed by atoms with Gasteiger partial charge in [-0.1, -0.05) is 30.3 Å². The van der Waals surface area contributed by atoms with Crippen LogP contribution in [-0.4, -0.2) is 37.3 Å². The molecular weight excluding hydrogens is 232 g/mol. The number of aliphatic hydroxyl groups excluding tert-OH is 1. The van der Waals surface area contributed by atoms with Crippen molar-refractivity contribution in [1.82, 2.24) is 0 Å². The molecule has 18 heavy (non-hydrogen) atoms. The molecule has 4 nitrogen and oxygen atoms in total. The molecule has 1 aliphatic rings. The van der Waals surface area contributed by atoms with Gasteiger partial charge in [0.25, 0.3) is 0 Å². The van der Waals surface area contributed by atoms with Gasteiger partial charge in [-0.3, -0.25) is 0 Å². The lowest BCUT2D eigenvalue weighted by molar-refractivity contribution is -0.147. The maximum Gasteiger partial charge on any atom is 0.157 e. The molecule has 1 heterocycles. The van der Waals surface area contributed by atoms with Gasteiger partial charge < -0.3 is 19.3 Å². The van der Waals surface area contributed by atoms with Crippen LogP contribution < -0.4 is 0 Å². The average molecular weight is 252 g/mol. The number of ether oxygens (including phenoxy) is 3. The van der Waals surface area contributed by atoms with Gasteiger partial charge in [-0.2, -0.15) is 0 Å². The van der Waals surface area contributed by atoms with Crippen molar-refractivity contribution in [2.24, 2.45) is 0 Å². The first kappa shape index (κ1) is 13.5. The van der Waals surface area contributed by atoms with Gasteiger partial charge in [0.05, 0.1) is 19.3 Å². The lowest BCUT2D eigenvalue weighted by Crippen LogP contribution is -2.31. The zero-order valence-electron chi connectivity index (χ0n) is 10.6. The van der Waals surface area contributed by atoms with E-state index in [4.69, 9.17) is 14.2 Å². The van der Waals surface area contributed by atoms with Crippen LogP contribution in [-0.2, 0) is 20.8 Å². The number of benzene rings is 1. The molecule has 100 valence electrons. The molecule has 0 saturated carbocycles. The fourth-order valence-corrected chi connectivity index (χ4v) is 2.07. The van der Waals surface area contributed by atoms with E-state index in [1.165, 1.54) is 0 Å². The lowest BCUT2D eigenvalue weighted by Gasteiger charge is -2.18. The first-order valence-corrected chi connectivity index (χ1v) is 6.27. The summed E-state index contributed by atoms with van der Waals surface area (Å²) in [7, 11) is 1.62. The van der Waals surface area contributed by atoms with Gasteiger partial charge in [0, 0.05) is 13.5 Å². The van der Waals surface area contributed by atoms with Crippen LogP contribution in [0.3, 0.4) is 0 Å². The molecule has 1 unspecified atom stereocenters. The maximum atomic E-state index is 9.93. The lowest BCUT2D eigenvalue weighted by atomic mass is 10.1. The fourth-order valence-electron chi connectivity index (χ4n) is 2.07. The number of rotatable bonds is 6. The van der Waals surface area contributed by atoms with Gasteiger partial charge in [0.2, 0.25) is 0 Å².